The highest BCUT2D eigenvalue weighted by Crippen LogP contribution is 2.20. The van der Waals surface area contributed by atoms with Crippen LogP contribution in [0.2, 0.25) is 0 Å². The van der Waals surface area contributed by atoms with Gasteiger partial charge < -0.3 is 10.1 Å². The molecular weight excluding hydrogens is 252 g/mol. The maximum absolute atomic E-state index is 12.6. The average molecular weight is 267 g/mol. The van der Waals surface area contributed by atoms with Crippen LogP contribution < -0.4 is 10.1 Å². The summed E-state index contributed by atoms with van der Waals surface area (Å²) >= 11 is 0. The molecule has 0 saturated heterocycles. The van der Waals surface area contributed by atoms with Crippen molar-refractivity contribution in [2.75, 3.05) is 7.05 Å². The van der Waals surface area contributed by atoms with E-state index < -0.39 is 6.55 Å². The van der Waals surface area contributed by atoms with E-state index in [9.17, 15) is 8.78 Å². The van der Waals surface area contributed by atoms with Gasteiger partial charge in [-0.3, -0.25) is 4.57 Å². The molecule has 0 radical (unpaired) electrons. The molecule has 2 aromatic rings. The molecule has 0 atom stereocenters. The van der Waals surface area contributed by atoms with Gasteiger partial charge in [0.25, 0.3) is 0 Å². The Kier molecular flexibility index (Phi) is 4.46. The second kappa shape index (κ2) is 6.29. The standard InChI is InChI=1S/C13H15F2N3O/c1-16-8-10-4-2-3-5-11(10)19-9-12-17-6-7-18(12)13(14)15/h2-7,13,16H,8-9H2,1H3. The molecule has 6 heteroatoms. The van der Waals surface area contributed by atoms with Gasteiger partial charge in [0.2, 0.25) is 0 Å². The predicted molar refractivity (Wildman–Crippen MR) is 67.0 cm³/mol. The zero-order chi connectivity index (χ0) is 13.7. The second-order valence-electron chi connectivity index (χ2n) is 3.96. The number of hydrogen-bond acceptors (Lipinski definition) is 3. The van der Waals surface area contributed by atoms with Gasteiger partial charge in [0.1, 0.15) is 12.4 Å². The van der Waals surface area contributed by atoms with Crippen molar-refractivity contribution in [3.8, 4) is 5.75 Å². The zero-order valence-corrected chi connectivity index (χ0v) is 10.5. The Hall–Kier alpha value is -1.95. The van der Waals surface area contributed by atoms with Gasteiger partial charge in [0.05, 0.1) is 0 Å². The molecule has 2 rings (SSSR count). The van der Waals surface area contributed by atoms with Crippen LogP contribution in [0.3, 0.4) is 0 Å². The van der Waals surface area contributed by atoms with Crippen LogP contribution in [0.25, 0.3) is 0 Å². The van der Waals surface area contributed by atoms with Crippen LogP contribution in [0.4, 0.5) is 8.78 Å². The molecule has 19 heavy (non-hydrogen) atoms. The number of ether oxygens (including phenoxy) is 1. The van der Waals surface area contributed by atoms with Crippen molar-refractivity contribution < 1.29 is 13.5 Å². The maximum atomic E-state index is 12.6. The summed E-state index contributed by atoms with van der Waals surface area (Å²) in [5.74, 6) is 0.870. The van der Waals surface area contributed by atoms with Crippen LogP contribution in [0.5, 0.6) is 5.75 Å². The number of imidazole rings is 1. The third-order valence-corrected chi connectivity index (χ3v) is 2.66. The van der Waals surface area contributed by atoms with Gasteiger partial charge in [-0.05, 0) is 13.1 Å². The van der Waals surface area contributed by atoms with E-state index in [0.29, 0.717) is 12.3 Å². The Morgan fingerprint density at radius 2 is 2.16 bits per heavy atom. The minimum atomic E-state index is -2.60. The number of alkyl halides is 2. The molecule has 0 bridgehead atoms. The molecule has 1 heterocycles. The fourth-order valence-electron chi connectivity index (χ4n) is 1.76. The lowest BCUT2D eigenvalue weighted by Gasteiger charge is -2.12. The first-order valence-corrected chi connectivity index (χ1v) is 5.87. The number of halogens is 2. The molecule has 1 aromatic heterocycles. The summed E-state index contributed by atoms with van der Waals surface area (Å²) in [6.07, 6.45) is 2.58. The number of para-hydroxylation sites is 1. The van der Waals surface area contributed by atoms with Crippen LogP contribution in [-0.2, 0) is 13.2 Å². The number of hydrogen-bond donors (Lipinski definition) is 1. The maximum Gasteiger partial charge on any atom is 0.320 e. The molecule has 0 aliphatic rings. The molecule has 0 amide bonds. The minimum Gasteiger partial charge on any atom is -0.485 e. The highest BCUT2D eigenvalue weighted by molar-refractivity contribution is 5.33. The minimum absolute atomic E-state index is 0.0120. The Morgan fingerprint density at radius 3 is 2.89 bits per heavy atom. The molecule has 0 spiro atoms. The van der Waals surface area contributed by atoms with E-state index in [4.69, 9.17) is 4.74 Å². The highest BCUT2D eigenvalue weighted by atomic mass is 19.3. The SMILES string of the molecule is CNCc1ccccc1OCc1nccn1C(F)F. The van der Waals surface area contributed by atoms with Crippen LogP contribution in [0, 0.1) is 0 Å². The molecular formula is C13H15F2N3O. The van der Waals surface area contributed by atoms with E-state index in [1.165, 1.54) is 12.4 Å². The summed E-state index contributed by atoms with van der Waals surface area (Å²) < 4.78 is 31.6. The molecule has 102 valence electrons. The summed E-state index contributed by atoms with van der Waals surface area (Å²) in [6.45, 7) is -1.94. The van der Waals surface area contributed by atoms with Crippen molar-refractivity contribution in [3.05, 3.63) is 48.0 Å². The van der Waals surface area contributed by atoms with E-state index in [1.54, 1.807) is 0 Å². The Morgan fingerprint density at radius 1 is 1.37 bits per heavy atom. The van der Waals surface area contributed by atoms with Gasteiger partial charge in [0, 0.05) is 24.5 Å². The fraction of sp³-hybridized carbons (Fsp3) is 0.308. The first kappa shape index (κ1) is 13.5. The molecule has 0 aliphatic heterocycles. The van der Waals surface area contributed by atoms with E-state index in [1.807, 2.05) is 31.3 Å². The van der Waals surface area contributed by atoms with Gasteiger partial charge in [0.15, 0.2) is 5.82 Å². The van der Waals surface area contributed by atoms with Crippen molar-refractivity contribution >= 4 is 0 Å². The van der Waals surface area contributed by atoms with Gasteiger partial charge >= 0.3 is 6.55 Å². The van der Waals surface area contributed by atoms with Crippen molar-refractivity contribution in [1.29, 1.82) is 0 Å². The van der Waals surface area contributed by atoms with Crippen molar-refractivity contribution in [1.82, 2.24) is 14.9 Å². The number of rotatable bonds is 6. The van der Waals surface area contributed by atoms with E-state index in [2.05, 4.69) is 10.3 Å². The molecule has 1 aromatic carbocycles. The highest BCUT2D eigenvalue weighted by Gasteiger charge is 2.12. The summed E-state index contributed by atoms with van der Waals surface area (Å²) in [5.41, 5.74) is 0.972. The number of aromatic nitrogens is 2. The molecule has 4 nitrogen and oxygen atoms in total. The average Bonchev–Trinajstić information content (AvgIpc) is 2.86. The van der Waals surface area contributed by atoms with Crippen LogP contribution in [0.15, 0.2) is 36.7 Å². The lowest BCUT2D eigenvalue weighted by Crippen LogP contribution is -2.10. The summed E-state index contributed by atoms with van der Waals surface area (Å²) in [4.78, 5) is 3.87. The molecule has 1 N–H and O–H groups in total. The van der Waals surface area contributed by atoms with Gasteiger partial charge in [-0.1, -0.05) is 18.2 Å². The quantitative estimate of drug-likeness (QED) is 0.874. The number of nitrogens with one attached hydrogen (secondary N) is 1. The Labute approximate surface area is 110 Å². The largest absolute Gasteiger partial charge is 0.485 e. The second-order valence-corrected chi connectivity index (χ2v) is 3.96. The van der Waals surface area contributed by atoms with Gasteiger partial charge in [-0.15, -0.1) is 0 Å². The van der Waals surface area contributed by atoms with Crippen LogP contribution in [-0.4, -0.2) is 16.6 Å². The number of nitrogens with zero attached hydrogens (tertiary/aromatic N) is 2. The lowest BCUT2D eigenvalue weighted by molar-refractivity contribution is 0.0632. The third-order valence-electron chi connectivity index (χ3n) is 2.66. The van der Waals surface area contributed by atoms with E-state index in [0.717, 1.165) is 10.1 Å². The lowest BCUT2D eigenvalue weighted by atomic mass is 10.2. The van der Waals surface area contributed by atoms with E-state index in [-0.39, 0.29) is 12.4 Å². The molecule has 0 fully saturated rings. The summed E-state index contributed by atoms with van der Waals surface area (Å²) in [6, 6.07) is 7.47. The smallest absolute Gasteiger partial charge is 0.320 e. The molecule has 0 unspecified atom stereocenters. The van der Waals surface area contributed by atoms with Gasteiger partial charge in [-0.25, -0.2) is 4.98 Å². The fourth-order valence-corrected chi connectivity index (χ4v) is 1.76. The molecule has 0 saturated carbocycles. The van der Waals surface area contributed by atoms with E-state index >= 15 is 0 Å². The van der Waals surface area contributed by atoms with Crippen molar-refractivity contribution in [3.63, 3.8) is 0 Å². The third kappa shape index (κ3) is 3.29. The van der Waals surface area contributed by atoms with Crippen LogP contribution >= 0.6 is 0 Å². The first-order chi connectivity index (χ1) is 9.22. The zero-order valence-electron chi connectivity index (χ0n) is 10.5. The first-order valence-electron chi connectivity index (χ1n) is 5.87. The van der Waals surface area contributed by atoms with Crippen molar-refractivity contribution in [2.24, 2.45) is 0 Å². The summed E-state index contributed by atoms with van der Waals surface area (Å²) in [5, 5.41) is 3.03. The molecule has 0 aliphatic carbocycles. The monoisotopic (exact) mass is 267 g/mol. The van der Waals surface area contributed by atoms with Crippen LogP contribution in [0.1, 0.15) is 17.9 Å². The number of benzene rings is 1. The Balaban J connectivity index is 2.08. The summed E-state index contributed by atoms with van der Waals surface area (Å²) in [7, 11) is 1.83. The van der Waals surface area contributed by atoms with Gasteiger partial charge in [-0.2, -0.15) is 8.78 Å². The topological polar surface area (TPSA) is 39.1 Å². The normalized spacial score (nSPS) is 10.9. The Bertz CT molecular complexity index is 528. The predicted octanol–water partition coefficient (Wildman–Crippen LogP) is 2.58. The van der Waals surface area contributed by atoms with Crippen molar-refractivity contribution in [2.45, 2.75) is 19.7 Å².